The Kier molecular flexibility index (Phi) is 5.98. The summed E-state index contributed by atoms with van der Waals surface area (Å²) in [6.07, 6.45) is -1.58. The molecule has 37 heavy (non-hydrogen) atoms. The van der Waals surface area contributed by atoms with Crippen LogP contribution in [0, 0.1) is 11.6 Å². The molecule has 0 radical (unpaired) electrons. The number of nitrogens with zero attached hydrogens (tertiary/aromatic N) is 4. The van der Waals surface area contributed by atoms with Gasteiger partial charge in [0.25, 0.3) is 0 Å². The minimum absolute atomic E-state index is 0.0279. The number of nitrogens with two attached hydrogens (primary N) is 1. The third-order valence-corrected chi connectivity index (χ3v) is 5.79. The Morgan fingerprint density at radius 1 is 0.919 bits per heavy atom. The number of methoxy groups -OCH3 is 1. The summed E-state index contributed by atoms with van der Waals surface area (Å²) >= 11 is 0. The van der Waals surface area contributed by atoms with E-state index in [0.717, 1.165) is 12.1 Å². The van der Waals surface area contributed by atoms with Crippen LogP contribution in [-0.2, 0) is 12.7 Å². The van der Waals surface area contributed by atoms with Gasteiger partial charge in [-0.3, -0.25) is 4.68 Å². The van der Waals surface area contributed by atoms with Crippen molar-refractivity contribution in [3.05, 3.63) is 89.8 Å². The van der Waals surface area contributed by atoms with Gasteiger partial charge in [-0.05, 0) is 41.5 Å². The summed E-state index contributed by atoms with van der Waals surface area (Å²) in [4.78, 5) is 8.50. The monoisotopic (exact) mass is 511 g/mol. The maximum atomic E-state index is 14.1. The highest BCUT2D eigenvalue weighted by Crippen LogP contribution is 2.41. The molecule has 0 fully saturated rings. The third kappa shape index (κ3) is 4.67. The molecule has 0 spiro atoms. The number of ether oxygens (including phenoxy) is 1. The largest absolute Gasteiger partial charge is 0.497 e. The Labute approximate surface area is 207 Å². The Balaban J connectivity index is 1.44. The summed E-state index contributed by atoms with van der Waals surface area (Å²) in [6, 6.07) is 12.2. The fourth-order valence-electron chi connectivity index (χ4n) is 4.01. The van der Waals surface area contributed by atoms with E-state index in [4.69, 9.17) is 10.5 Å². The van der Waals surface area contributed by atoms with Gasteiger partial charge in [-0.1, -0.05) is 24.3 Å². The zero-order valence-corrected chi connectivity index (χ0v) is 19.2. The summed E-state index contributed by atoms with van der Waals surface area (Å²) in [5.74, 6) is -1.93. The summed E-state index contributed by atoms with van der Waals surface area (Å²) in [6.45, 7) is 0.228. The maximum absolute atomic E-state index is 14.1. The first-order valence-corrected chi connectivity index (χ1v) is 10.9. The van der Waals surface area contributed by atoms with E-state index < -0.39 is 23.4 Å². The Morgan fingerprint density at radius 2 is 1.68 bits per heavy atom. The molecule has 2 heterocycles. The lowest BCUT2D eigenvalue weighted by molar-refractivity contribution is -0.137. The molecular weight excluding hydrogens is 493 g/mol. The van der Waals surface area contributed by atoms with E-state index in [-0.39, 0.29) is 40.5 Å². The molecule has 2 aliphatic heterocycles. The average molecular weight is 511 g/mol. The van der Waals surface area contributed by atoms with Gasteiger partial charge in [0, 0.05) is 11.3 Å². The fraction of sp³-hybridized carbons (Fsp3) is 0.115. The molecular formula is C26H18F5N5O. The number of halogens is 5. The molecule has 0 aliphatic carbocycles. The van der Waals surface area contributed by atoms with Gasteiger partial charge in [0.05, 0.1) is 37.2 Å². The van der Waals surface area contributed by atoms with Crippen molar-refractivity contribution in [3.63, 3.8) is 0 Å². The van der Waals surface area contributed by atoms with E-state index >= 15 is 0 Å². The van der Waals surface area contributed by atoms with Crippen LogP contribution in [0.4, 0.5) is 27.6 Å². The summed E-state index contributed by atoms with van der Waals surface area (Å²) < 4.78 is 75.2. The topological polar surface area (TPSA) is 78.8 Å². The molecule has 2 N–H and O–H groups in total. The molecule has 0 bridgehead atoms. The molecule has 3 aromatic rings. The number of aromatic nitrogens is 4. The van der Waals surface area contributed by atoms with Crippen LogP contribution in [0.15, 0.2) is 67.0 Å². The average Bonchev–Trinajstić information content (AvgIpc) is 3.28. The number of hydrogen-bond donors (Lipinski definition) is 1. The van der Waals surface area contributed by atoms with Crippen molar-refractivity contribution in [2.45, 2.75) is 12.7 Å². The first-order chi connectivity index (χ1) is 17.6. The number of benzene rings is 3. The lowest BCUT2D eigenvalue weighted by Gasteiger charge is -2.16. The van der Waals surface area contributed by atoms with Gasteiger partial charge < -0.3 is 10.5 Å². The number of imidazole rings is 1. The van der Waals surface area contributed by atoms with Crippen molar-refractivity contribution in [2.75, 3.05) is 12.8 Å². The minimum atomic E-state index is -4.60. The van der Waals surface area contributed by atoms with E-state index in [9.17, 15) is 22.0 Å². The molecule has 0 amide bonds. The third-order valence-electron chi connectivity index (χ3n) is 5.79. The number of fused-ring (bicyclic) bond motifs is 1. The number of anilines is 1. The second kappa shape index (κ2) is 9.16. The molecule has 0 atom stereocenters. The maximum Gasteiger partial charge on any atom is 0.417 e. The van der Waals surface area contributed by atoms with Gasteiger partial charge in [0.15, 0.2) is 17.5 Å². The van der Waals surface area contributed by atoms with Gasteiger partial charge in [-0.15, -0.1) is 0 Å². The highest BCUT2D eigenvalue weighted by molar-refractivity contribution is 5.80. The molecule has 0 saturated heterocycles. The predicted molar refractivity (Wildman–Crippen MR) is 127 cm³/mol. The molecule has 0 aromatic heterocycles. The minimum Gasteiger partial charge on any atom is -0.497 e. The van der Waals surface area contributed by atoms with Crippen molar-refractivity contribution in [2.24, 2.45) is 0 Å². The smallest absolute Gasteiger partial charge is 0.417 e. The van der Waals surface area contributed by atoms with Crippen LogP contribution < -0.4 is 10.5 Å². The van der Waals surface area contributed by atoms with Crippen LogP contribution >= 0.6 is 0 Å². The zero-order valence-electron chi connectivity index (χ0n) is 19.2. The summed E-state index contributed by atoms with van der Waals surface area (Å²) in [5, 5.41) is 4.27. The second-order valence-electron chi connectivity index (χ2n) is 8.22. The predicted octanol–water partition coefficient (Wildman–Crippen LogP) is 6.05. The lowest BCUT2D eigenvalue weighted by Crippen LogP contribution is -2.09. The van der Waals surface area contributed by atoms with E-state index in [1.165, 1.54) is 48.3 Å². The molecule has 2 aliphatic rings. The van der Waals surface area contributed by atoms with Crippen molar-refractivity contribution in [1.82, 2.24) is 19.7 Å². The quantitative estimate of drug-likeness (QED) is 0.230. The van der Waals surface area contributed by atoms with Crippen LogP contribution in [0.25, 0.3) is 33.9 Å². The van der Waals surface area contributed by atoms with Crippen LogP contribution in [-0.4, -0.2) is 26.9 Å². The van der Waals surface area contributed by atoms with E-state index in [2.05, 4.69) is 15.1 Å². The van der Waals surface area contributed by atoms with Crippen LogP contribution in [0.3, 0.4) is 0 Å². The second-order valence-corrected chi connectivity index (χ2v) is 8.22. The van der Waals surface area contributed by atoms with Gasteiger partial charge in [-0.25, -0.2) is 18.7 Å². The SMILES string of the molecule is COc1ccc(-c2ccc(Cn3cc4nc(-c5cccc(F)c5F)nc-4cn3)cc2N)c(C(F)(F)F)c1. The van der Waals surface area contributed by atoms with Crippen molar-refractivity contribution in [3.8, 4) is 39.7 Å². The van der Waals surface area contributed by atoms with Gasteiger partial charge in [-0.2, -0.15) is 18.3 Å². The highest BCUT2D eigenvalue weighted by atomic mass is 19.4. The Hall–Kier alpha value is -4.54. The van der Waals surface area contributed by atoms with E-state index in [1.807, 2.05) is 0 Å². The van der Waals surface area contributed by atoms with Crippen molar-refractivity contribution in [1.29, 1.82) is 0 Å². The normalized spacial score (nSPS) is 11.7. The standard InChI is InChI=1S/C26H18F5N5O/c1-37-15-6-8-16(19(10-15)26(29,30)31)17-7-5-14(9-21(17)32)12-36-13-23-22(11-33-36)34-25(35-23)18-3-2-4-20(27)24(18)28/h2-11,13H,12,32H2,1H3. The molecule has 6 nitrogen and oxygen atoms in total. The lowest BCUT2D eigenvalue weighted by atomic mass is 9.96. The van der Waals surface area contributed by atoms with E-state index in [0.29, 0.717) is 17.0 Å². The number of nitrogen functional groups attached to an aromatic ring is 1. The Morgan fingerprint density at radius 3 is 2.41 bits per heavy atom. The summed E-state index contributed by atoms with van der Waals surface area (Å²) in [7, 11) is 1.29. The van der Waals surface area contributed by atoms with Crippen molar-refractivity contribution < 1.29 is 26.7 Å². The van der Waals surface area contributed by atoms with Gasteiger partial charge >= 0.3 is 6.18 Å². The number of hydrogen-bond acceptors (Lipinski definition) is 5. The summed E-state index contributed by atoms with van der Waals surface area (Å²) in [5.41, 5.74) is 7.05. The molecule has 3 aromatic carbocycles. The van der Waals surface area contributed by atoms with Crippen LogP contribution in [0.1, 0.15) is 11.1 Å². The molecule has 0 saturated carbocycles. The molecule has 11 heteroatoms. The molecule has 0 unspecified atom stereocenters. The van der Waals surface area contributed by atoms with Gasteiger partial charge in [0.1, 0.15) is 17.1 Å². The Bertz CT molecular complexity index is 1580. The van der Waals surface area contributed by atoms with E-state index in [1.54, 1.807) is 18.3 Å². The van der Waals surface area contributed by atoms with Crippen LogP contribution in [0.5, 0.6) is 5.75 Å². The fourth-order valence-corrected chi connectivity index (χ4v) is 4.01. The number of rotatable bonds is 5. The first kappa shape index (κ1) is 24.2. The first-order valence-electron chi connectivity index (χ1n) is 10.9. The molecule has 188 valence electrons. The van der Waals surface area contributed by atoms with Crippen molar-refractivity contribution >= 4 is 5.69 Å². The highest BCUT2D eigenvalue weighted by Gasteiger charge is 2.34. The van der Waals surface area contributed by atoms with Gasteiger partial charge in [0.2, 0.25) is 0 Å². The number of alkyl halides is 3. The molecule has 5 rings (SSSR count). The van der Waals surface area contributed by atoms with Crippen LogP contribution in [0.2, 0.25) is 0 Å². The zero-order chi connectivity index (χ0) is 26.3.